The number of benzene rings is 1. The molecule has 1 aromatic carbocycles. The van der Waals surface area contributed by atoms with Gasteiger partial charge in [-0.2, -0.15) is 5.26 Å². The van der Waals surface area contributed by atoms with Crippen molar-refractivity contribution in [1.82, 2.24) is 15.1 Å². The van der Waals surface area contributed by atoms with Crippen LogP contribution in [0.3, 0.4) is 0 Å². The fourth-order valence-electron chi connectivity index (χ4n) is 2.48. The lowest BCUT2D eigenvalue weighted by molar-refractivity contribution is 0.145. The fraction of sp³-hybridized carbons (Fsp3) is 0.500. The predicted octanol–water partition coefficient (Wildman–Crippen LogP) is 1.32. The molecule has 1 aromatic rings. The van der Waals surface area contributed by atoms with Gasteiger partial charge in [0.05, 0.1) is 11.6 Å². The smallest absolute Gasteiger partial charge is 0.319 e. The lowest BCUT2D eigenvalue weighted by Crippen LogP contribution is -2.50. The van der Waals surface area contributed by atoms with Gasteiger partial charge in [-0.25, -0.2) is 4.79 Å². The van der Waals surface area contributed by atoms with Crippen molar-refractivity contribution in [2.75, 3.05) is 45.1 Å². The zero-order valence-electron chi connectivity index (χ0n) is 13.2. The van der Waals surface area contributed by atoms with E-state index in [0.29, 0.717) is 11.3 Å². The van der Waals surface area contributed by atoms with Crippen molar-refractivity contribution < 1.29 is 4.79 Å². The number of amides is 2. The Balaban J connectivity index is 1.74. The van der Waals surface area contributed by atoms with Crippen LogP contribution in [0.4, 0.5) is 10.5 Å². The Morgan fingerprint density at radius 3 is 2.50 bits per heavy atom. The molecule has 0 aromatic heterocycles. The van der Waals surface area contributed by atoms with E-state index in [0.717, 1.165) is 32.7 Å². The molecule has 0 spiro atoms. The summed E-state index contributed by atoms with van der Waals surface area (Å²) in [6.45, 7) is 7.10. The zero-order chi connectivity index (χ0) is 15.9. The average molecular weight is 301 g/mol. The number of hydrogen-bond acceptors (Lipinski definition) is 4. The first-order valence-electron chi connectivity index (χ1n) is 7.55. The number of nitrogens with zero attached hydrogens (tertiary/aromatic N) is 3. The van der Waals surface area contributed by atoms with Crippen LogP contribution in [0.1, 0.15) is 12.5 Å². The van der Waals surface area contributed by atoms with E-state index < -0.39 is 0 Å². The maximum absolute atomic E-state index is 12.0. The number of carbonyl (C=O) groups is 1. The fourth-order valence-corrected chi connectivity index (χ4v) is 2.48. The summed E-state index contributed by atoms with van der Waals surface area (Å²) in [6.07, 6.45) is 0. The third kappa shape index (κ3) is 5.02. The van der Waals surface area contributed by atoms with E-state index in [9.17, 15) is 4.79 Å². The van der Waals surface area contributed by atoms with Crippen LogP contribution in [-0.2, 0) is 0 Å². The summed E-state index contributed by atoms with van der Waals surface area (Å²) in [5.41, 5.74) is 1.26. The van der Waals surface area contributed by atoms with Crippen LogP contribution in [0, 0.1) is 11.3 Å². The number of hydrogen-bond donors (Lipinski definition) is 2. The molecule has 0 unspecified atom stereocenters. The van der Waals surface area contributed by atoms with Crippen molar-refractivity contribution in [3.05, 3.63) is 29.8 Å². The highest BCUT2D eigenvalue weighted by molar-refractivity contribution is 5.89. The molecule has 2 N–H and O–H groups in total. The van der Waals surface area contributed by atoms with E-state index >= 15 is 0 Å². The number of nitriles is 1. The first kappa shape index (κ1) is 16.3. The van der Waals surface area contributed by atoms with Crippen LogP contribution in [0.15, 0.2) is 24.3 Å². The minimum absolute atomic E-state index is 0.0850. The summed E-state index contributed by atoms with van der Waals surface area (Å²) in [7, 11) is 2.13. The highest BCUT2D eigenvalue weighted by Crippen LogP contribution is 2.08. The number of likely N-dealkylation sites (N-methyl/N-ethyl adjacent to an activating group) is 1. The van der Waals surface area contributed by atoms with Crippen molar-refractivity contribution in [1.29, 1.82) is 5.26 Å². The molecule has 0 aliphatic carbocycles. The molecule has 1 heterocycles. The largest absolute Gasteiger partial charge is 0.334 e. The molecule has 0 radical (unpaired) electrons. The minimum Gasteiger partial charge on any atom is -0.334 e. The third-order valence-corrected chi connectivity index (χ3v) is 3.78. The first-order chi connectivity index (χ1) is 10.6. The second-order valence-corrected chi connectivity index (χ2v) is 5.79. The van der Waals surface area contributed by atoms with Crippen LogP contribution >= 0.6 is 0 Å². The van der Waals surface area contributed by atoms with E-state index in [-0.39, 0.29) is 12.1 Å². The van der Waals surface area contributed by atoms with Crippen molar-refractivity contribution in [3.63, 3.8) is 0 Å². The van der Waals surface area contributed by atoms with E-state index in [2.05, 4.69) is 33.6 Å². The first-order valence-corrected chi connectivity index (χ1v) is 7.55. The standard InChI is InChI=1S/C16H23N5O/c1-13(12-21-9-7-20(2)8-10-21)18-16(22)19-15-5-3-14(11-17)4-6-15/h3-6,13H,7-10,12H2,1-2H3,(H2,18,19,22)/t13-/m0/s1. The summed E-state index contributed by atoms with van der Waals surface area (Å²) in [4.78, 5) is 16.6. The summed E-state index contributed by atoms with van der Waals surface area (Å²) in [5, 5.41) is 14.5. The van der Waals surface area contributed by atoms with Gasteiger partial charge >= 0.3 is 6.03 Å². The van der Waals surface area contributed by atoms with Gasteiger partial charge in [0.2, 0.25) is 0 Å². The minimum atomic E-state index is -0.216. The molecule has 2 rings (SSSR count). The Morgan fingerprint density at radius 1 is 1.27 bits per heavy atom. The Kier molecular flexibility index (Phi) is 5.75. The average Bonchev–Trinajstić information content (AvgIpc) is 2.50. The van der Waals surface area contributed by atoms with Crippen LogP contribution in [-0.4, -0.2) is 61.6 Å². The Labute approximate surface area is 131 Å². The molecular weight excluding hydrogens is 278 g/mol. The highest BCUT2D eigenvalue weighted by Gasteiger charge is 2.17. The van der Waals surface area contributed by atoms with E-state index in [1.54, 1.807) is 24.3 Å². The van der Waals surface area contributed by atoms with E-state index in [1.807, 2.05) is 6.92 Å². The summed E-state index contributed by atoms with van der Waals surface area (Å²) < 4.78 is 0. The second-order valence-electron chi connectivity index (χ2n) is 5.79. The molecule has 1 atom stereocenters. The van der Waals surface area contributed by atoms with Gasteiger partial charge in [-0.1, -0.05) is 0 Å². The van der Waals surface area contributed by atoms with Crippen molar-refractivity contribution in [3.8, 4) is 6.07 Å². The van der Waals surface area contributed by atoms with Gasteiger partial charge in [-0.05, 0) is 38.2 Å². The number of nitrogens with one attached hydrogen (secondary N) is 2. The van der Waals surface area contributed by atoms with Gasteiger partial charge in [0.1, 0.15) is 0 Å². The number of urea groups is 1. The monoisotopic (exact) mass is 301 g/mol. The number of carbonyl (C=O) groups excluding carboxylic acids is 1. The topological polar surface area (TPSA) is 71.4 Å². The molecule has 1 fully saturated rings. The second kappa shape index (κ2) is 7.78. The molecule has 1 aliphatic rings. The van der Waals surface area contributed by atoms with Gasteiger partial charge in [-0.15, -0.1) is 0 Å². The highest BCUT2D eigenvalue weighted by atomic mass is 16.2. The van der Waals surface area contributed by atoms with Crippen molar-refractivity contribution in [2.45, 2.75) is 13.0 Å². The van der Waals surface area contributed by atoms with Gasteiger partial charge in [0.15, 0.2) is 0 Å². The molecule has 6 nitrogen and oxygen atoms in total. The predicted molar refractivity (Wildman–Crippen MR) is 86.7 cm³/mol. The molecule has 1 saturated heterocycles. The van der Waals surface area contributed by atoms with Gasteiger partial charge in [0.25, 0.3) is 0 Å². The maximum atomic E-state index is 12.0. The Morgan fingerprint density at radius 2 is 1.91 bits per heavy atom. The SMILES string of the molecule is C[C@@H](CN1CCN(C)CC1)NC(=O)Nc1ccc(C#N)cc1. The molecular formula is C16H23N5O. The van der Waals surface area contributed by atoms with Gasteiger partial charge in [-0.3, -0.25) is 4.90 Å². The van der Waals surface area contributed by atoms with Crippen LogP contribution in [0.5, 0.6) is 0 Å². The Hall–Kier alpha value is -2.10. The van der Waals surface area contributed by atoms with Crippen LogP contribution in [0.25, 0.3) is 0 Å². The van der Waals surface area contributed by atoms with Crippen LogP contribution < -0.4 is 10.6 Å². The molecule has 2 amide bonds. The quantitative estimate of drug-likeness (QED) is 0.880. The van der Waals surface area contributed by atoms with Crippen LogP contribution in [0.2, 0.25) is 0 Å². The summed E-state index contributed by atoms with van der Waals surface area (Å²) >= 11 is 0. The summed E-state index contributed by atoms with van der Waals surface area (Å²) in [6, 6.07) is 8.74. The molecule has 118 valence electrons. The number of piperazine rings is 1. The number of rotatable bonds is 4. The summed E-state index contributed by atoms with van der Waals surface area (Å²) in [5.74, 6) is 0. The zero-order valence-corrected chi connectivity index (χ0v) is 13.2. The molecule has 0 bridgehead atoms. The lowest BCUT2D eigenvalue weighted by Gasteiger charge is -2.34. The number of anilines is 1. The molecule has 0 saturated carbocycles. The molecule has 6 heteroatoms. The molecule has 22 heavy (non-hydrogen) atoms. The van der Waals surface area contributed by atoms with Crippen molar-refractivity contribution in [2.24, 2.45) is 0 Å². The van der Waals surface area contributed by atoms with E-state index in [4.69, 9.17) is 5.26 Å². The third-order valence-electron chi connectivity index (χ3n) is 3.78. The van der Waals surface area contributed by atoms with Gasteiger partial charge in [0, 0.05) is 44.5 Å². The van der Waals surface area contributed by atoms with Gasteiger partial charge < -0.3 is 15.5 Å². The van der Waals surface area contributed by atoms with E-state index in [1.165, 1.54) is 0 Å². The lowest BCUT2D eigenvalue weighted by atomic mass is 10.2. The van der Waals surface area contributed by atoms with Crippen molar-refractivity contribution >= 4 is 11.7 Å². The Bertz CT molecular complexity index is 528. The molecule has 1 aliphatic heterocycles. The maximum Gasteiger partial charge on any atom is 0.319 e. The normalized spacial score (nSPS) is 17.5.